The number of carbonyl (C=O) groups excluding carboxylic acids is 2. The van der Waals surface area contributed by atoms with Gasteiger partial charge in [0.25, 0.3) is 0 Å². The summed E-state index contributed by atoms with van der Waals surface area (Å²) < 4.78 is 8.10. The first-order valence-corrected chi connectivity index (χ1v) is 13.1. The number of rotatable bonds is 8. The monoisotopic (exact) mass is 525 g/mol. The van der Waals surface area contributed by atoms with Gasteiger partial charge in [0, 0.05) is 46.6 Å². The Hall–Kier alpha value is -4.46. The van der Waals surface area contributed by atoms with E-state index >= 15 is 0 Å². The van der Waals surface area contributed by atoms with Gasteiger partial charge in [0.2, 0.25) is 12.5 Å². The molecule has 39 heavy (non-hydrogen) atoms. The summed E-state index contributed by atoms with van der Waals surface area (Å²) in [4.78, 5) is 40.1. The lowest BCUT2D eigenvalue weighted by Crippen LogP contribution is -2.50. The van der Waals surface area contributed by atoms with Crippen LogP contribution in [0.2, 0.25) is 0 Å². The number of ether oxygens (including phenoxy) is 1. The number of para-hydroxylation sites is 1. The van der Waals surface area contributed by atoms with Gasteiger partial charge >= 0.3 is 6.09 Å². The van der Waals surface area contributed by atoms with Crippen molar-refractivity contribution in [3.63, 3.8) is 0 Å². The summed E-state index contributed by atoms with van der Waals surface area (Å²) in [7, 11) is 1.87. The largest absolute Gasteiger partial charge is 0.430 e. The van der Waals surface area contributed by atoms with E-state index in [1.165, 1.54) is 4.90 Å². The van der Waals surface area contributed by atoms with Crippen LogP contribution in [0.5, 0.6) is 0 Å². The van der Waals surface area contributed by atoms with Crippen molar-refractivity contribution in [3.8, 4) is 0 Å². The van der Waals surface area contributed by atoms with E-state index in [2.05, 4.69) is 0 Å². The van der Waals surface area contributed by atoms with Crippen molar-refractivity contribution in [1.82, 2.24) is 9.47 Å². The van der Waals surface area contributed by atoms with E-state index in [0.717, 1.165) is 22.0 Å². The molecule has 1 aliphatic rings. The Kier molecular flexibility index (Phi) is 6.95. The third kappa shape index (κ3) is 4.56. The molecule has 0 N–H and O–H groups in total. The summed E-state index contributed by atoms with van der Waals surface area (Å²) >= 11 is 0. The summed E-state index contributed by atoms with van der Waals surface area (Å²) in [6.45, 7) is 3.47. The van der Waals surface area contributed by atoms with Crippen molar-refractivity contribution >= 4 is 22.9 Å². The molecule has 1 fully saturated rings. The number of benzene rings is 3. The topological polar surface area (TPSA) is 94.7 Å². The summed E-state index contributed by atoms with van der Waals surface area (Å²) in [5.41, 5.74) is 1.93. The normalized spacial score (nSPS) is 17.4. The lowest BCUT2D eigenvalue weighted by Gasteiger charge is -2.37. The minimum absolute atomic E-state index is 0.174. The summed E-state index contributed by atoms with van der Waals surface area (Å²) in [6, 6.07) is 25.8. The Morgan fingerprint density at radius 2 is 1.54 bits per heavy atom. The summed E-state index contributed by atoms with van der Waals surface area (Å²) in [5.74, 6) is -1.39. The average molecular weight is 526 g/mol. The molecule has 1 aromatic heterocycles. The molecule has 0 radical (unpaired) electrons. The standard InChI is InChI=1S/C31H31N3O5/c1-21(2)29-31(23-12-6-4-7-13-23,24-14-8-5-9-15-24)39-30(36)34(29)28(35)18-22(19-33(37)38)26-20-32(3)27-17-11-10-16-25(26)27/h4-17,20-22,29H,18-19H2,1-3H3/t22-,29+/m1/s1. The third-order valence-electron chi connectivity index (χ3n) is 7.60. The van der Waals surface area contributed by atoms with Crippen LogP contribution in [0.4, 0.5) is 4.79 Å². The highest BCUT2D eigenvalue weighted by molar-refractivity contribution is 5.95. The third-order valence-corrected chi connectivity index (χ3v) is 7.60. The molecule has 0 spiro atoms. The Balaban J connectivity index is 1.58. The molecule has 0 aliphatic carbocycles. The van der Waals surface area contributed by atoms with Crippen LogP contribution in [0, 0.1) is 16.0 Å². The second-order valence-corrected chi connectivity index (χ2v) is 10.4. The van der Waals surface area contributed by atoms with Gasteiger partial charge in [-0.15, -0.1) is 0 Å². The van der Waals surface area contributed by atoms with Crippen LogP contribution >= 0.6 is 0 Å². The van der Waals surface area contributed by atoms with Crippen LogP contribution in [0.25, 0.3) is 10.9 Å². The Labute approximate surface area is 227 Å². The van der Waals surface area contributed by atoms with Crippen LogP contribution in [-0.2, 0) is 22.2 Å². The van der Waals surface area contributed by atoms with Gasteiger partial charge < -0.3 is 9.30 Å². The average Bonchev–Trinajstić information content (AvgIpc) is 3.44. The number of hydrogen-bond donors (Lipinski definition) is 0. The van der Waals surface area contributed by atoms with Crippen LogP contribution in [0.1, 0.15) is 42.9 Å². The van der Waals surface area contributed by atoms with Gasteiger partial charge in [0.05, 0.1) is 12.0 Å². The van der Waals surface area contributed by atoms with Crippen LogP contribution in [-0.4, -0.2) is 39.0 Å². The maximum atomic E-state index is 14.0. The molecule has 8 heteroatoms. The number of aromatic nitrogens is 1. The Bertz CT molecular complexity index is 1470. The Morgan fingerprint density at radius 1 is 0.974 bits per heavy atom. The number of aryl methyl sites for hydroxylation is 1. The number of imide groups is 1. The highest BCUT2D eigenvalue weighted by Gasteiger charge is 2.59. The van der Waals surface area contributed by atoms with E-state index in [0.29, 0.717) is 5.56 Å². The molecule has 1 saturated heterocycles. The fourth-order valence-electron chi connectivity index (χ4n) is 6.02. The molecule has 0 unspecified atom stereocenters. The van der Waals surface area contributed by atoms with Crippen molar-refractivity contribution in [3.05, 3.63) is 118 Å². The van der Waals surface area contributed by atoms with Gasteiger partial charge in [-0.3, -0.25) is 14.9 Å². The number of nitrogens with zero attached hydrogens (tertiary/aromatic N) is 3. The first kappa shape index (κ1) is 26.2. The van der Waals surface area contributed by atoms with E-state index in [1.807, 2.05) is 117 Å². The molecule has 8 nitrogen and oxygen atoms in total. The van der Waals surface area contributed by atoms with Gasteiger partial charge in [-0.2, -0.15) is 0 Å². The predicted molar refractivity (Wildman–Crippen MR) is 148 cm³/mol. The number of fused-ring (bicyclic) bond motifs is 1. The summed E-state index contributed by atoms with van der Waals surface area (Å²) in [5, 5.41) is 12.6. The van der Waals surface area contributed by atoms with E-state index < -0.39 is 41.0 Å². The molecule has 2 amide bonds. The molecule has 3 aromatic carbocycles. The zero-order valence-corrected chi connectivity index (χ0v) is 22.2. The van der Waals surface area contributed by atoms with Gasteiger partial charge in [-0.1, -0.05) is 92.7 Å². The molecule has 2 atom stereocenters. The minimum Gasteiger partial charge on any atom is -0.430 e. The van der Waals surface area contributed by atoms with Gasteiger partial charge in [-0.05, 0) is 17.5 Å². The highest BCUT2D eigenvalue weighted by Crippen LogP contribution is 2.47. The van der Waals surface area contributed by atoms with Crippen molar-refractivity contribution in [2.24, 2.45) is 13.0 Å². The zero-order valence-electron chi connectivity index (χ0n) is 22.2. The van der Waals surface area contributed by atoms with Crippen LogP contribution in [0.15, 0.2) is 91.1 Å². The first-order chi connectivity index (χ1) is 18.7. The van der Waals surface area contributed by atoms with Crippen molar-refractivity contribution in [2.75, 3.05) is 6.54 Å². The SMILES string of the molecule is CC(C)[C@@H]1N(C(=O)C[C@H](C[N+](=O)[O-])c2cn(C)c3ccccc23)C(=O)OC1(c1ccccc1)c1ccccc1. The van der Waals surface area contributed by atoms with E-state index in [-0.39, 0.29) is 12.3 Å². The molecule has 1 aliphatic heterocycles. The van der Waals surface area contributed by atoms with Crippen LogP contribution < -0.4 is 0 Å². The number of amides is 2. The number of nitro groups is 1. The molecular weight excluding hydrogens is 494 g/mol. The quantitative estimate of drug-likeness (QED) is 0.212. The second-order valence-electron chi connectivity index (χ2n) is 10.4. The maximum absolute atomic E-state index is 14.0. The first-order valence-electron chi connectivity index (χ1n) is 13.1. The molecule has 0 saturated carbocycles. The van der Waals surface area contributed by atoms with Crippen LogP contribution in [0.3, 0.4) is 0 Å². The van der Waals surface area contributed by atoms with Crippen molar-refractivity contribution in [2.45, 2.75) is 37.8 Å². The van der Waals surface area contributed by atoms with Crippen molar-refractivity contribution in [1.29, 1.82) is 0 Å². The molecule has 200 valence electrons. The molecule has 0 bridgehead atoms. The van der Waals surface area contributed by atoms with Crippen molar-refractivity contribution < 1.29 is 19.2 Å². The fraction of sp³-hybridized carbons (Fsp3) is 0.290. The Morgan fingerprint density at radius 3 is 2.10 bits per heavy atom. The lowest BCUT2D eigenvalue weighted by molar-refractivity contribution is -0.483. The lowest BCUT2D eigenvalue weighted by atomic mass is 9.75. The minimum atomic E-state index is -1.22. The second kappa shape index (κ2) is 10.4. The molecule has 2 heterocycles. The molecule has 4 aromatic rings. The van der Waals surface area contributed by atoms with E-state index in [4.69, 9.17) is 4.74 Å². The predicted octanol–water partition coefficient (Wildman–Crippen LogP) is 5.88. The maximum Gasteiger partial charge on any atom is 0.418 e. The fourth-order valence-corrected chi connectivity index (χ4v) is 6.02. The van der Waals surface area contributed by atoms with E-state index in [9.17, 15) is 19.7 Å². The zero-order chi connectivity index (χ0) is 27.7. The van der Waals surface area contributed by atoms with E-state index in [1.54, 1.807) is 0 Å². The molecule has 5 rings (SSSR count). The smallest absolute Gasteiger partial charge is 0.418 e. The van der Waals surface area contributed by atoms with Gasteiger partial charge in [-0.25, -0.2) is 9.69 Å². The number of cyclic esters (lactones) is 1. The number of carbonyl (C=O) groups is 2. The highest BCUT2D eigenvalue weighted by atomic mass is 16.6. The van der Waals surface area contributed by atoms with Gasteiger partial charge in [0.1, 0.15) is 0 Å². The van der Waals surface area contributed by atoms with Gasteiger partial charge in [0.15, 0.2) is 5.60 Å². The molecular formula is C31H31N3O5. The summed E-state index contributed by atoms with van der Waals surface area (Å²) in [6.07, 6.45) is 0.892. The number of hydrogen-bond acceptors (Lipinski definition) is 5.